The fraction of sp³-hybridized carbons (Fsp3) is 0.500. The quantitative estimate of drug-likeness (QED) is 0.656. The average Bonchev–Trinajstić information content (AvgIpc) is 2.94. The number of aromatic nitrogens is 1. The van der Waals surface area contributed by atoms with Gasteiger partial charge in [-0.15, -0.1) is 0 Å². The van der Waals surface area contributed by atoms with Gasteiger partial charge in [-0.2, -0.15) is 0 Å². The molecule has 1 N–H and O–H groups in total. The number of fused-ring (bicyclic) bond motifs is 1. The molecule has 3 heterocycles. The summed E-state index contributed by atoms with van der Waals surface area (Å²) >= 11 is 0. The number of nitrogens with zero attached hydrogens (tertiary/aromatic N) is 4. The molecular formula is C26H34N4O3. The van der Waals surface area contributed by atoms with Gasteiger partial charge in [0, 0.05) is 25.8 Å². The summed E-state index contributed by atoms with van der Waals surface area (Å²) in [4.78, 5) is 35.7. The van der Waals surface area contributed by atoms with Crippen LogP contribution in [0.2, 0.25) is 0 Å². The summed E-state index contributed by atoms with van der Waals surface area (Å²) in [6, 6.07) is 11.9. The van der Waals surface area contributed by atoms with Crippen LogP contribution >= 0.6 is 0 Å². The maximum Gasteiger partial charge on any atom is 0.328 e. The summed E-state index contributed by atoms with van der Waals surface area (Å²) in [5.41, 5.74) is 3.42. The molecule has 2 aromatic rings. The second-order valence-electron chi connectivity index (χ2n) is 9.99. The third kappa shape index (κ3) is 4.80. The monoisotopic (exact) mass is 450 g/mol. The molecule has 3 amide bonds. The maximum atomic E-state index is 13.2. The number of hydrogen-bond acceptors (Lipinski definition) is 5. The molecule has 2 aliphatic rings. The second kappa shape index (κ2) is 9.23. The molecule has 0 bridgehead atoms. The summed E-state index contributed by atoms with van der Waals surface area (Å²) in [7, 11) is 0. The number of pyridine rings is 1. The molecule has 1 fully saturated rings. The van der Waals surface area contributed by atoms with Crippen molar-refractivity contribution in [2.75, 3.05) is 19.6 Å². The van der Waals surface area contributed by atoms with E-state index in [4.69, 9.17) is 0 Å². The molecule has 2 aliphatic heterocycles. The molecule has 4 rings (SSSR count). The molecule has 1 atom stereocenters. The van der Waals surface area contributed by atoms with Crippen molar-refractivity contribution in [3.63, 3.8) is 0 Å². The van der Waals surface area contributed by atoms with Crippen molar-refractivity contribution in [2.45, 2.75) is 64.8 Å². The van der Waals surface area contributed by atoms with Crippen molar-refractivity contribution in [3.8, 4) is 0 Å². The topological polar surface area (TPSA) is 77.0 Å². The van der Waals surface area contributed by atoms with Gasteiger partial charge in [-0.1, -0.05) is 44.2 Å². The number of rotatable bonds is 7. The Morgan fingerprint density at radius 2 is 1.79 bits per heavy atom. The van der Waals surface area contributed by atoms with E-state index in [1.165, 1.54) is 20.9 Å². The van der Waals surface area contributed by atoms with Gasteiger partial charge in [0.2, 0.25) is 0 Å². The lowest BCUT2D eigenvalue weighted by atomic mass is 9.99. The molecule has 1 saturated heterocycles. The number of aliphatic hydroxyl groups is 1. The minimum absolute atomic E-state index is 0.117. The van der Waals surface area contributed by atoms with Gasteiger partial charge >= 0.3 is 6.03 Å². The summed E-state index contributed by atoms with van der Waals surface area (Å²) < 4.78 is 0. The van der Waals surface area contributed by atoms with Crippen LogP contribution in [0, 0.1) is 0 Å². The van der Waals surface area contributed by atoms with Crippen molar-refractivity contribution in [1.82, 2.24) is 19.7 Å². The lowest BCUT2D eigenvalue weighted by Crippen LogP contribution is -2.50. The van der Waals surface area contributed by atoms with E-state index >= 15 is 0 Å². The lowest BCUT2D eigenvalue weighted by Gasteiger charge is -2.33. The Morgan fingerprint density at radius 1 is 1.06 bits per heavy atom. The number of carbonyl (C=O) groups excluding carboxylic acids is 2. The Morgan fingerprint density at radius 3 is 2.45 bits per heavy atom. The van der Waals surface area contributed by atoms with Gasteiger partial charge in [-0.05, 0) is 48.9 Å². The standard InChI is InChI=1S/C26H34N4O3/c1-18(2)20-9-10-22(27-13-20)15-29-24(32)26(3,4)30(25(29)33)17-23(31)16-28-12-11-19-7-5-6-8-21(19)14-28/h5-10,13,18,23,31H,11-12,14-17H2,1-4H3. The van der Waals surface area contributed by atoms with E-state index in [-0.39, 0.29) is 25.0 Å². The van der Waals surface area contributed by atoms with E-state index < -0.39 is 11.6 Å². The highest BCUT2D eigenvalue weighted by Gasteiger charge is 2.51. The van der Waals surface area contributed by atoms with Crippen LogP contribution in [0.4, 0.5) is 4.79 Å². The lowest BCUT2D eigenvalue weighted by molar-refractivity contribution is -0.132. The number of amides is 3. The molecule has 1 aromatic carbocycles. The first-order chi connectivity index (χ1) is 15.7. The van der Waals surface area contributed by atoms with Gasteiger partial charge in [0.15, 0.2) is 0 Å². The van der Waals surface area contributed by atoms with E-state index in [2.05, 4.69) is 41.9 Å². The zero-order chi connectivity index (χ0) is 23.8. The molecule has 0 saturated carbocycles. The van der Waals surface area contributed by atoms with E-state index in [1.807, 2.05) is 18.2 Å². The predicted molar refractivity (Wildman–Crippen MR) is 126 cm³/mol. The first kappa shape index (κ1) is 23.4. The van der Waals surface area contributed by atoms with Crippen LogP contribution in [0.1, 0.15) is 56.0 Å². The number of aliphatic hydroxyl groups excluding tert-OH is 1. The van der Waals surface area contributed by atoms with Crippen LogP contribution in [-0.2, 0) is 24.3 Å². The van der Waals surface area contributed by atoms with Gasteiger partial charge in [0.05, 0.1) is 24.9 Å². The van der Waals surface area contributed by atoms with Crippen LogP contribution in [-0.4, -0.2) is 68.0 Å². The SMILES string of the molecule is CC(C)c1ccc(CN2C(=O)N(CC(O)CN3CCc4ccccc4C3)C(C)(C)C2=O)nc1. The number of carbonyl (C=O) groups is 2. The highest BCUT2D eigenvalue weighted by atomic mass is 16.3. The summed E-state index contributed by atoms with van der Waals surface area (Å²) in [5.74, 6) is 0.104. The van der Waals surface area contributed by atoms with Gasteiger partial charge in [0.25, 0.3) is 5.91 Å². The minimum Gasteiger partial charge on any atom is -0.390 e. The highest BCUT2D eigenvalue weighted by molar-refractivity contribution is 6.06. The zero-order valence-corrected chi connectivity index (χ0v) is 20.0. The zero-order valence-electron chi connectivity index (χ0n) is 20.0. The Bertz CT molecular complexity index is 1020. The van der Waals surface area contributed by atoms with E-state index in [0.29, 0.717) is 18.2 Å². The van der Waals surface area contributed by atoms with Crippen LogP contribution in [0.5, 0.6) is 0 Å². The van der Waals surface area contributed by atoms with E-state index in [9.17, 15) is 14.7 Å². The van der Waals surface area contributed by atoms with Crippen LogP contribution in [0.25, 0.3) is 0 Å². The molecule has 1 aromatic heterocycles. The summed E-state index contributed by atoms with van der Waals surface area (Å²) in [6.45, 7) is 10.0. The largest absolute Gasteiger partial charge is 0.390 e. The molecular weight excluding hydrogens is 416 g/mol. The van der Waals surface area contributed by atoms with E-state index in [1.54, 1.807) is 20.0 Å². The minimum atomic E-state index is -1.01. The number of urea groups is 1. The molecule has 33 heavy (non-hydrogen) atoms. The average molecular weight is 451 g/mol. The number of benzene rings is 1. The van der Waals surface area contributed by atoms with Crippen LogP contribution in [0.15, 0.2) is 42.6 Å². The summed E-state index contributed by atoms with van der Waals surface area (Å²) in [6.07, 6.45) is 2.01. The highest BCUT2D eigenvalue weighted by Crippen LogP contribution is 2.29. The van der Waals surface area contributed by atoms with Crippen molar-refractivity contribution in [3.05, 3.63) is 65.0 Å². The first-order valence-corrected chi connectivity index (χ1v) is 11.7. The predicted octanol–water partition coefficient (Wildman–Crippen LogP) is 3.17. The molecule has 0 spiro atoms. The normalized spacial score (nSPS) is 19.3. The Labute approximate surface area is 196 Å². The number of β-amino-alcohol motifs (C(OH)–C–C–N with tert-alkyl or cyclic N) is 1. The van der Waals surface area contributed by atoms with E-state index in [0.717, 1.165) is 25.1 Å². The summed E-state index contributed by atoms with van der Waals surface area (Å²) in [5, 5.41) is 10.8. The number of imide groups is 1. The van der Waals surface area contributed by atoms with Gasteiger partial charge in [-0.25, -0.2) is 4.79 Å². The molecule has 7 nitrogen and oxygen atoms in total. The van der Waals surface area contributed by atoms with Crippen molar-refractivity contribution >= 4 is 11.9 Å². The maximum absolute atomic E-state index is 13.2. The smallest absolute Gasteiger partial charge is 0.328 e. The fourth-order valence-corrected chi connectivity index (χ4v) is 4.67. The Balaban J connectivity index is 1.40. The van der Waals surface area contributed by atoms with Gasteiger partial charge in [-0.3, -0.25) is 19.6 Å². The molecule has 1 unspecified atom stereocenters. The Hall–Kier alpha value is -2.77. The van der Waals surface area contributed by atoms with Gasteiger partial charge < -0.3 is 10.0 Å². The molecule has 0 radical (unpaired) electrons. The fourth-order valence-electron chi connectivity index (χ4n) is 4.67. The molecule has 7 heteroatoms. The third-order valence-corrected chi connectivity index (χ3v) is 6.81. The Kier molecular flexibility index (Phi) is 6.54. The van der Waals surface area contributed by atoms with Crippen LogP contribution < -0.4 is 0 Å². The van der Waals surface area contributed by atoms with Crippen molar-refractivity contribution in [1.29, 1.82) is 0 Å². The number of hydrogen-bond donors (Lipinski definition) is 1. The van der Waals surface area contributed by atoms with Crippen molar-refractivity contribution in [2.24, 2.45) is 0 Å². The van der Waals surface area contributed by atoms with Crippen molar-refractivity contribution < 1.29 is 14.7 Å². The molecule has 176 valence electrons. The third-order valence-electron chi connectivity index (χ3n) is 6.81. The second-order valence-corrected chi connectivity index (χ2v) is 9.99. The van der Waals surface area contributed by atoms with Gasteiger partial charge in [0.1, 0.15) is 5.54 Å². The first-order valence-electron chi connectivity index (χ1n) is 11.7. The molecule has 0 aliphatic carbocycles. The van der Waals surface area contributed by atoms with Crippen LogP contribution in [0.3, 0.4) is 0 Å².